The number of rotatable bonds is 12. The van der Waals surface area contributed by atoms with Gasteiger partial charge in [-0.3, -0.25) is 14.4 Å². The van der Waals surface area contributed by atoms with Crippen LogP contribution in [0.2, 0.25) is 0 Å². The number of carbonyl (C=O) groups excluding carboxylic acids is 3. The van der Waals surface area contributed by atoms with Crippen LogP contribution in [0.5, 0.6) is 0 Å². The van der Waals surface area contributed by atoms with E-state index in [1.54, 1.807) is 20.0 Å². The van der Waals surface area contributed by atoms with Crippen molar-refractivity contribution in [3.05, 3.63) is 36.4 Å². The van der Waals surface area contributed by atoms with E-state index in [4.69, 9.17) is 5.73 Å². The van der Waals surface area contributed by atoms with Gasteiger partial charge < -0.3 is 36.8 Å². The second-order valence-corrected chi connectivity index (χ2v) is 8.03. The molecule has 2 heterocycles. The lowest BCUT2D eigenvalue weighted by molar-refractivity contribution is -0.142. The summed E-state index contributed by atoms with van der Waals surface area (Å²) in [6, 6.07) is -4.10. The smallest absolute Gasteiger partial charge is 0.326 e. The van der Waals surface area contributed by atoms with Crippen LogP contribution in [0.15, 0.2) is 25.0 Å². The fourth-order valence-corrected chi connectivity index (χ4v) is 3.00. The molecule has 0 radical (unpaired) electrons. The number of nitrogens with zero attached hydrogens (tertiary/aromatic N) is 2. The van der Waals surface area contributed by atoms with Crippen molar-refractivity contribution in [3.63, 3.8) is 0 Å². The number of amides is 3. The number of nitrogens with two attached hydrogens (primary N) is 1. The minimum Gasteiger partial charge on any atom is -0.480 e. The van der Waals surface area contributed by atoms with E-state index in [0.717, 1.165) is 0 Å². The summed E-state index contributed by atoms with van der Waals surface area (Å²) in [5.41, 5.74) is 7.09. The Balaban J connectivity index is 1.94. The summed E-state index contributed by atoms with van der Waals surface area (Å²) in [7, 11) is 0. The average Bonchev–Trinajstić information content (AvgIpc) is 3.44. The lowest BCUT2D eigenvalue weighted by Crippen LogP contribution is -2.58. The number of imidazole rings is 2. The second-order valence-electron chi connectivity index (χ2n) is 8.03. The number of carboxylic acids is 1. The van der Waals surface area contributed by atoms with Gasteiger partial charge in [0.2, 0.25) is 17.7 Å². The molecule has 8 N–H and O–H groups in total. The zero-order chi connectivity index (χ0) is 24.5. The van der Waals surface area contributed by atoms with Crippen LogP contribution in [0.1, 0.15) is 32.2 Å². The Hall–Kier alpha value is -3.74. The third-order valence-corrected chi connectivity index (χ3v) is 4.92. The minimum atomic E-state index is -1.22. The molecular weight excluding hydrogens is 432 g/mol. The van der Waals surface area contributed by atoms with E-state index in [1.807, 2.05) is 0 Å². The second kappa shape index (κ2) is 11.8. The summed E-state index contributed by atoms with van der Waals surface area (Å²) >= 11 is 0. The molecule has 0 saturated heterocycles. The summed E-state index contributed by atoms with van der Waals surface area (Å²) in [4.78, 5) is 62.6. The van der Waals surface area contributed by atoms with Crippen LogP contribution in [-0.4, -0.2) is 72.9 Å². The summed E-state index contributed by atoms with van der Waals surface area (Å²) in [6.07, 6.45) is 6.10. The number of carbonyl (C=O) groups is 4. The van der Waals surface area contributed by atoms with Gasteiger partial charge in [-0.05, 0) is 12.8 Å². The van der Waals surface area contributed by atoms with Crippen LogP contribution in [0.25, 0.3) is 0 Å². The zero-order valence-electron chi connectivity index (χ0n) is 18.7. The van der Waals surface area contributed by atoms with Crippen molar-refractivity contribution in [1.82, 2.24) is 35.9 Å². The average molecular weight is 463 g/mol. The van der Waals surface area contributed by atoms with Gasteiger partial charge in [-0.15, -0.1) is 0 Å². The van der Waals surface area contributed by atoms with Gasteiger partial charge in [0, 0.05) is 36.6 Å². The molecule has 2 rings (SSSR count). The molecule has 0 aromatic carbocycles. The van der Waals surface area contributed by atoms with Crippen LogP contribution in [0.4, 0.5) is 0 Å². The number of hydrogen-bond acceptors (Lipinski definition) is 7. The molecule has 0 saturated carbocycles. The van der Waals surface area contributed by atoms with Gasteiger partial charge in [-0.2, -0.15) is 0 Å². The molecule has 13 heteroatoms. The highest BCUT2D eigenvalue weighted by atomic mass is 16.4. The Morgan fingerprint density at radius 2 is 1.48 bits per heavy atom. The quantitative estimate of drug-likeness (QED) is 0.196. The molecular formula is C20H30N8O5. The third kappa shape index (κ3) is 7.71. The van der Waals surface area contributed by atoms with Crippen LogP contribution >= 0.6 is 0 Å². The summed E-state index contributed by atoms with van der Waals surface area (Å²) < 4.78 is 0. The van der Waals surface area contributed by atoms with Gasteiger partial charge in [-0.25, -0.2) is 14.8 Å². The van der Waals surface area contributed by atoms with Crippen molar-refractivity contribution < 1.29 is 24.3 Å². The Bertz CT molecular complexity index is 928. The first-order chi connectivity index (χ1) is 15.6. The highest BCUT2D eigenvalue weighted by molar-refractivity contribution is 5.94. The van der Waals surface area contributed by atoms with Gasteiger partial charge in [-0.1, -0.05) is 13.8 Å². The molecule has 2 aromatic heterocycles. The molecule has 33 heavy (non-hydrogen) atoms. The highest BCUT2D eigenvalue weighted by Crippen LogP contribution is 2.06. The van der Waals surface area contributed by atoms with Crippen molar-refractivity contribution in [2.45, 2.75) is 57.8 Å². The molecule has 0 bridgehead atoms. The molecule has 0 fully saturated rings. The molecule has 4 unspecified atom stereocenters. The maximum absolute atomic E-state index is 12.8. The van der Waals surface area contributed by atoms with E-state index >= 15 is 0 Å². The third-order valence-electron chi connectivity index (χ3n) is 4.92. The summed E-state index contributed by atoms with van der Waals surface area (Å²) in [5, 5.41) is 17.0. The predicted molar refractivity (Wildman–Crippen MR) is 116 cm³/mol. The van der Waals surface area contributed by atoms with Crippen molar-refractivity contribution in [1.29, 1.82) is 0 Å². The van der Waals surface area contributed by atoms with Crippen molar-refractivity contribution in [2.24, 2.45) is 11.7 Å². The highest BCUT2D eigenvalue weighted by Gasteiger charge is 2.31. The number of aromatic amines is 2. The number of hydrogen-bond donors (Lipinski definition) is 7. The summed E-state index contributed by atoms with van der Waals surface area (Å²) in [6.45, 7) is 4.88. The maximum Gasteiger partial charge on any atom is 0.326 e. The van der Waals surface area contributed by atoms with E-state index in [0.29, 0.717) is 11.4 Å². The van der Waals surface area contributed by atoms with E-state index in [2.05, 4.69) is 35.9 Å². The standard InChI is InChI=1S/C20H30N8O5/c1-10(2)16(19(31)27-15(20(32)33)5-13-7-23-9-25-13)28-17(29)11(3)26-18(30)14(21)4-12-6-22-8-24-12/h6-11,14-16H,4-5,21H2,1-3H3,(H,22,24)(H,23,25)(H,26,30)(H,27,31)(H,28,29)(H,32,33). The van der Waals surface area contributed by atoms with Crippen LogP contribution in [0, 0.1) is 5.92 Å². The predicted octanol–water partition coefficient (Wildman–Crippen LogP) is -1.54. The van der Waals surface area contributed by atoms with Gasteiger partial charge >= 0.3 is 5.97 Å². The number of nitrogens with one attached hydrogen (secondary N) is 5. The molecule has 0 aliphatic heterocycles. The largest absolute Gasteiger partial charge is 0.480 e. The molecule has 2 aromatic rings. The number of aromatic nitrogens is 4. The van der Waals surface area contributed by atoms with Gasteiger partial charge in [0.1, 0.15) is 18.1 Å². The van der Waals surface area contributed by atoms with Crippen molar-refractivity contribution >= 4 is 23.7 Å². The molecule has 180 valence electrons. The van der Waals surface area contributed by atoms with Crippen LogP contribution in [-0.2, 0) is 32.0 Å². The first-order valence-corrected chi connectivity index (χ1v) is 10.4. The normalized spacial score (nSPS) is 14.7. The SMILES string of the molecule is CC(NC(=O)C(N)Cc1cnc[nH]1)C(=O)NC(C(=O)NC(Cc1cnc[nH]1)C(=O)O)C(C)C. The lowest BCUT2D eigenvalue weighted by Gasteiger charge is -2.26. The van der Waals surface area contributed by atoms with Gasteiger partial charge in [0.15, 0.2) is 0 Å². The first-order valence-electron chi connectivity index (χ1n) is 10.4. The van der Waals surface area contributed by atoms with Crippen LogP contribution in [0.3, 0.4) is 0 Å². The monoisotopic (exact) mass is 462 g/mol. The molecule has 3 amide bonds. The molecule has 0 spiro atoms. The molecule has 0 aliphatic carbocycles. The van der Waals surface area contributed by atoms with Gasteiger partial charge in [0.05, 0.1) is 18.7 Å². The van der Waals surface area contributed by atoms with E-state index in [-0.39, 0.29) is 18.8 Å². The van der Waals surface area contributed by atoms with Crippen LogP contribution < -0.4 is 21.7 Å². The zero-order valence-corrected chi connectivity index (χ0v) is 18.7. The van der Waals surface area contributed by atoms with Crippen molar-refractivity contribution in [3.8, 4) is 0 Å². The molecule has 0 aliphatic rings. The number of aliphatic carboxylic acids is 1. The number of H-pyrrole nitrogens is 2. The summed E-state index contributed by atoms with van der Waals surface area (Å²) in [5.74, 6) is -3.37. The minimum absolute atomic E-state index is 0.000511. The Kier molecular flexibility index (Phi) is 9.09. The topological polar surface area (TPSA) is 208 Å². The fraction of sp³-hybridized carbons (Fsp3) is 0.500. The van der Waals surface area contributed by atoms with E-state index < -0.39 is 47.9 Å². The molecule has 4 atom stereocenters. The fourth-order valence-electron chi connectivity index (χ4n) is 3.00. The lowest BCUT2D eigenvalue weighted by atomic mass is 10.0. The Labute approximate surface area is 190 Å². The van der Waals surface area contributed by atoms with Crippen molar-refractivity contribution in [2.75, 3.05) is 0 Å². The molecule has 13 nitrogen and oxygen atoms in total. The first kappa shape index (κ1) is 25.5. The van der Waals surface area contributed by atoms with Gasteiger partial charge in [0.25, 0.3) is 0 Å². The van der Waals surface area contributed by atoms with E-state index in [1.165, 1.54) is 25.8 Å². The van der Waals surface area contributed by atoms with E-state index in [9.17, 15) is 24.3 Å². The Morgan fingerprint density at radius 1 is 0.909 bits per heavy atom. The Morgan fingerprint density at radius 3 is 1.97 bits per heavy atom. The number of carboxylic acid groups (broad SMARTS) is 1. The maximum atomic E-state index is 12.8.